The molecule has 0 bridgehead atoms. The van der Waals surface area contributed by atoms with Gasteiger partial charge in [-0.2, -0.15) is 13.2 Å². The highest BCUT2D eigenvalue weighted by molar-refractivity contribution is 7.13. The van der Waals surface area contributed by atoms with E-state index in [0.717, 1.165) is 23.3 Å². The van der Waals surface area contributed by atoms with Crippen LogP contribution < -0.4 is 0 Å². The molecule has 0 atom stereocenters. The van der Waals surface area contributed by atoms with E-state index in [0.29, 0.717) is 27.4 Å². The Kier molecular flexibility index (Phi) is 5.37. The third-order valence-corrected chi connectivity index (χ3v) is 5.81. The molecule has 1 N–H and O–H groups in total. The third-order valence-electron chi connectivity index (χ3n) is 4.92. The van der Waals surface area contributed by atoms with Gasteiger partial charge in [-0.25, -0.2) is 9.78 Å². The van der Waals surface area contributed by atoms with Gasteiger partial charge in [0, 0.05) is 16.5 Å². The van der Waals surface area contributed by atoms with Crippen molar-refractivity contribution in [1.82, 2.24) is 4.98 Å². The number of thiazole rings is 1. The van der Waals surface area contributed by atoms with Crippen molar-refractivity contribution in [2.45, 2.75) is 13.1 Å². The lowest BCUT2D eigenvalue weighted by Crippen LogP contribution is -2.04. The van der Waals surface area contributed by atoms with Crippen LogP contribution in [0, 0.1) is 6.92 Å². The van der Waals surface area contributed by atoms with Gasteiger partial charge in [-0.05, 0) is 41.8 Å². The minimum absolute atomic E-state index is 0.141. The summed E-state index contributed by atoms with van der Waals surface area (Å²) < 4.78 is 39.0. The molecule has 156 valence electrons. The summed E-state index contributed by atoms with van der Waals surface area (Å²) in [6.07, 6.45) is -4.43. The molecule has 4 rings (SSSR count). The third kappa shape index (κ3) is 4.22. The van der Waals surface area contributed by atoms with Crippen molar-refractivity contribution in [3.63, 3.8) is 0 Å². The van der Waals surface area contributed by atoms with E-state index in [-0.39, 0.29) is 5.56 Å². The summed E-state index contributed by atoms with van der Waals surface area (Å²) in [6, 6.07) is 17.6. The first-order valence-electron chi connectivity index (χ1n) is 9.31. The molecule has 0 saturated carbocycles. The number of carbonyl (C=O) groups is 1. The monoisotopic (exact) mass is 439 g/mol. The Morgan fingerprint density at radius 3 is 2.42 bits per heavy atom. The predicted octanol–water partition coefficient (Wildman–Crippen LogP) is 7.17. The van der Waals surface area contributed by atoms with Crippen molar-refractivity contribution in [2.75, 3.05) is 0 Å². The largest absolute Gasteiger partial charge is 0.478 e. The van der Waals surface area contributed by atoms with Crippen LogP contribution in [0.5, 0.6) is 0 Å². The van der Waals surface area contributed by atoms with E-state index in [4.69, 9.17) is 0 Å². The highest BCUT2D eigenvalue weighted by Crippen LogP contribution is 2.36. The second-order valence-corrected chi connectivity index (χ2v) is 7.86. The quantitative estimate of drug-likeness (QED) is 0.367. The molecule has 0 amide bonds. The van der Waals surface area contributed by atoms with Crippen LogP contribution in [0.2, 0.25) is 0 Å². The van der Waals surface area contributed by atoms with Crippen LogP contribution in [0.1, 0.15) is 21.5 Å². The minimum Gasteiger partial charge on any atom is -0.478 e. The Hall–Kier alpha value is -3.45. The van der Waals surface area contributed by atoms with Gasteiger partial charge in [-0.15, -0.1) is 11.3 Å². The number of halogens is 3. The molecule has 0 saturated heterocycles. The number of nitrogens with zero attached hydrogens (tertiary/aromatic N) is 1. The maximum Gasteiger partial charge on any atom is 0.416 e. The van der Waals surface area contributed by atoms with Crippen molar-refractivity contribution >= 4 is 17.3 Å². The van der Waals surface area contributed by atoms with Gasteiger partial charge in [0.2, 0.25) is 0 Å². The summed E-state index contributed by atoms with van der Waals surface area (Å²) in [5.74, 6) is -1.06. The van der Waals surface area contributed by atoms with Crippen LogP contribution >= 0.6 is 11.3 Å². The summed E-state index contributed by atoms with van der Waals surface area (Å²) in [4.78, 5) is 16.4. The highest BCUT2D eigenvalue weighted by Gasteiger charge is 2.30. The standard InChI is InChI=1S/C24H16F3NO2S/c1-14-5-2-3-8-18(14)19-10-9-16(12-20(19)23(29)30)22-28-21(13-31-22)15-6-4-7-17(11-15)24(25,26)27/h2-13H,1H3,(H,29,30). The van der Waals surface area contributed by atoms with Gasteiger partial charge in [-0.1, -0.05) is 48.5 Å². The van der Waals surface area contributed by atoms with Gasteiger partial charge < -0.3 is 5.11 Å². The smallest absolute Gasteiger partial charge is 0.416 e. The van der Waals surface area contributed by atoms with E-state index in [1.165, 1.54) is 17.4 Å². The Labute approximate surface area is 180 Å². The fourth-order valence-corrected chi connectivity index (χ4v) is 4.18. The molecule has 0 aliphatic carbocycles. The molecule has 1 aromatic heterocycles. The zero-order valence-corrected chi connectivity index (χ0v) is 17.1. The Morgan fingerprint density at radius 1 is 0.935 bits per heavy atom. The summed E-state index contributed by atoms with van der Waals surface area (Å²) in [7, 11) is 0. The van der Waals surface area contributed by atoms with E-state index >= 15 is 0 Å². The normalized spacial score (nSPS) is 11.5. The highest BCUT2D eigenvalue weighted by atomic mass is 32.1. The fraction of sp³-hybridized carbons (Fsp3) is 0.0833. The maximum absolute atomic E-state index is 13.0. The number of aromatic carboxylic acids is 1. The molecule has 0 radical (unpaired) electrons. The van der Waals surface area contributed by atoms with Crippen LogP contribution in [0.15, 0.2) is 72.1 Å². The molecular weight excluding hydrogens is 423 g/mol. The van der Waals surface area contributed by atoms with Gasteiger partial charge in [0.1, 0.15) is 5.01 Å². The molecule has 0 aliphatic rings. The van der Waals surface area contributed by atoms with Crippen LogP contribution in [-0.4, -0.2) is 16.1 Å². The SMILES string of the molecule is Cc1ccccc1-c1ccc(-c2nc(-c3cccc(C(F)(F)F)c3)cs2)cc1C(=O)O. The number of rotatable bonds is 4. The number of alkyl halides is 3. The number of aromatic nitrogens is 1. The molecule has 3 aromatic carbocycles. The minimum atomic E-state index is -4.43. The van der Waals surface area contributed by atoms with E-state index in [9.17, 15) is 23.1 Å². The van der Waals surface area contributed by atoms with Crippen molar-refractivity contribution in [3.8, 4) is 33.0 Å². The predicted molar refractivity (Wildman–Crippen MR) is 115 cm³/mol. The number of hydrogen-bond donors (Lipinski definition) is 1. The van der Waals surface area contributed by atoms with Crippen LogP contribution in [0.3, 0.4) is 0 Å². The van der Waals surface area contributed by atoms with Crippen LogP contribution in [0.25, 0.3) is 33.0 Å². The lowest BCUT2D eigenvalue weighted by atomic mass is 9.94. The van der Waals surface area contributed by atoms with Crippen molar-refractivity contribution in [3.05, 3.63) is 88.8 Å². The molecule has 0 unspecified atom stereocenters. The Morgan fingerprint density at radius 2 is 1.71 bits per heavy atom. The lowest BCUT2D eigenvalue weighted by Gasteiger charge is -2.10. The number of hydrogen-bond acceptors (Lipinski definition) is 3. The van der Waals surface area contributed by atoms with E-state index in [1.54, 1.807) is 29.6 Å². The molecule has 0 aliphatic heterocycles. The van der Waals surface area contributed by atoms with Gasteiger partial charge in [0.25, 0.3) is 0 Å². The topological polar surface area (TPSA) is 50.2 Å². The van der Waals surface area contributed by atoms with E-state index in [2.05, 4.69) is 4.98 Å². The molecule has 0 fully saturated rings. The van der Waals surface area contributed by atoms with Crippen LogP contribution in [-0.2, 0) is 6.18 Å². The number of carboxylic acids is 1. The Balaban J connectivity index is 1.74. The molecule has 1 heterocycles. The second-order valence-electron chi connectivity index (χ2n) is 7.00. The van der Waals surface area contributed by atoms with Gasteiger partial charge in [0.15, 0.2) is 0 Å². The van der Waals surface area contributed by atoms with E-state index < -0.39 is 17.7 Å². The average Bonchev–Trinajstić information content (AvgIpc) is 3.23. The first-order valence-corrected chi connectivity index (χ1v) is 10.2. The first-order chi connectivity index (χ1) is 14.7. The zero-order chi connectivity index (χ0) is 22.2. The van der Waals surface area contributed by atoms with E-state index in [1.807, 2.05) is 31.2 Å². The maximum atomic E-state index is 13.0. The summed E-state index contributed by atoms with van der Waals surface area (Å²) in [5.41, 5.74) is 3.15. The zero-order valence-electron chi connectivity index (χ0n) is 16.3. The fourth-order valence-electron chi connectivity index (χ4n) is 3.36. The molecule has 31 heavy (non-hydrogen) atoms. The molecule has 7 heteroatoms. The van der Waals surface area contributed by atoms with Crippen molar-refractivity contribution in [2.24, 2.45) is 0 Å². The summed E-state index contributed by atoms with van der Waals surface area (Å²) in [5, 5.41) is 12.0. The van der Waals surface area contributed by atoms with Gasteiger partial charge >= 0.3 is 12.1 Å². The van der Waals surface area contributed by atoms with Gasteiger partial charge in [-0.3, -0.25) is 0 Å². The van der Waals surface area contributed by atoms with Crippen LogP contribution in [0.4, 0.5) is 13.2 Å². The summed E-state index contributed by atoms with van der Waals surface area (Å²) >= 11 is 1.25. The van der Waals surface area contributed by atoms with Crippen molar-refractivity contribution < 1.29 is 23.1 Å². The lowest BCUT2D eigenvalue weighted by molar-refractivity contribution is -0.137. The molecule has 4 aromatic rings. The van der Waals surface area contributed by atoms with Gasteiger partial charge in [0.05, 0.1) is 16.8 Å². The summed E-state index contributed by atoms with van der Waals surface area (Å²) in [6.45, 7) is 1.91. The Bertz CT molecular complexity index is 1280. The molecular formula is C24H16F3NO2S. The average molecular weight is 439 g/mol. The number of benzene rings is 3. The first kappa shape index (κ1) is 20.8. The number of carboxylic acid groups (broad SMARTS) is 1. The molecule has 0 spiro atoms. The second kappa shape index (κ2) is 8.00. The van der Waals surface area contributed by atoms with Crippen molar-refractivity contribution in [1.29, 1.82) is 0 Å². The number of aryl methyl sites for hydroxylation is 1. The molecule has 3 nitrogen and oxygen atoms in total.